The Morgan fingerprint density at radius 2 is 2.29 bits per heavy atom. The molecule has 0 amide bonds. The highest BCUT2D eigenvalue weighted by Crippen LogP contribution is 2.31. The second kappa shape index (κ2) is 4.43. The predicted molar refractivity (Wildman–Crippen MR) is 54.7 cm³/mol. The van der Waals surface area contributed by atoms with Crippen molar-refractivity contribution >= 4 is 15.9 Å². The van der Waals surface area contributed by atoms with Crippen molar-refractivity contribution in [2.75, 3.05) is 7.11 Å². The average molecular weight is 258 g/mol. The van der Waals surface area contributed by atoms with Gasteiger partial charge in [0.05, 0.1) is 19.6 Å². The first-order valence-corrected chi connectivity index (χ1v) is 4.79. The molecular formula is C10H9BrFNO. The van der Waals surface area contributed by atoms with Gasteiger partial charge < -0.3 is 4.74 Å². The molecular weight excluding hydrogens is 249 g/mol. The van der Waals surface area contributed by atoms with Crippen LogP contribution in [0, 0.1) is 24.1 Å². The summed E-state index contributed by atoms with van der Waals surface area (Å²) >= 11 is 3.23. The van der Waals surface area contributed by atoms with Crippen molar-refractivity contribution in [3.05, 3.63) is 27.5 Å². The summed E-state index contributed by atoms with van der Waals surface area (Å²) in [7, 11) is 1.40. The zero-order valence-electron chi connectivity index (χ0n) is 7.90. The van der Waals surface area contributed by atoms with Crippen LogP contribution in [0.1, 0.15) is 11.1 Å². The first-order chi connectivity index (χ1) is 6.61. The quantitative estimate of drug-likeness (QED) is 0.816. The molecule has 0 aromatic heterocycles. The number of ether oxygens (including phenoxy) is 1. The molecule has 4 heteroatoms. The Kier molecular flexibility index (Phi) is 3.48. The number of rotatable bonds is 2. The Morgan fingerprint density at radius 1 is 1.64 bits per heavy atom. The molecule has 0 unspecified atom stereocenters. The van der Waals surface area contributed by atoms with Gasteiger partial charge in [-0.25, -0.2) is 4.39 Å². The SMILES string of the molecule is COc1c(F)cc(Br)c(C)c1CC#N. The van der Waals surface area contributed by atoms with E-state index in [1.165, 1.54) is 13.2 Å². The Morgan fingerprint density at radius 3 is 2.79 bits per heavy atom. The fourth-order valence-corrected chi connectivity index (χ4v) is 1.70. The Hall–Kier alpha value is -1.08. The molecule has 0 aliphatic carbocycles. The second-order valence-electron chi connectivity index (χ2n) is 2.81. The molecule has 0 saturated carbocycles. The van der Waals surface area contributed by atoms with Gasteiger partial charge in [-0.2, -0.15) is 5.26 Å². The predicted octanol–water partition coefficient (Wildman–Crippen LogP) is 2.97. The van der Waals surface area contributed by atoms with E-state index in [9.17, 15) is 4.39 Å². The van der Waals surface area contributed by atoms with Crippen LogP contribution in [0.4, 0.5) is 4.39 Å². The van der Waals surface area contributed by atoms with Crippen molar-refractivity contribution in [3.8, 4) is 11.8 Å². The number of halogens is 2. The van der Waals surface area contributed by atoms with E-state index in [0.717, 1.165) is 5.56 Å². The Bertz CT molecular complexity index is 398. The third-order valence-corrected chi connectivity index (χ3v) is 2.84. The average Bonchev–Trinajstić information content (AvgIpc) is 2.14. The van der Waals surface area contributed by atoms with Gasteiger partial charge in [-0.05, 0) is 18.6 Å². The van der Waals surface area contributed by atoms with Crippen molar-refractivity contribution in [2.24, 2.45) is 0 Å². The maximum atomic E-state index is 13.4. The minimum absolute atomic E-state index is 0.144. The number of benzene rings is 1. The van der Waals surface area contributed by atoms with Crippen LogP contribution in [0.15, 0.2) is 10.5 Å². The van der Waals surface area contributed by atoms with Crippen molar-refractivity contribution in [3.63, 3.8) is 0 Å². The van der Waals surface area contributed by atoms with Gasteiger partial charge in [0, 0.05) is 10.0 Å². The Labute approximate surface area is 90.4 Å². The van der Waals surface area contributed by atoms with E-state index in [4.69, 9.17) is 10.00 Å². The van der Waals surface area contributed by atoms with Crippen LogP contribution in [0.3, 0.4) is 0 Å². The largest absolute Gasteiger partial charge is 0.493 e. The molecule has 14 heavy (non-hydrogen) atoms. The lowest BCUT2D eigenvalue weighted by Crippen LogP contribution is -1.98. The van der Waals surface area contributed by atoms with E-state index in [1.807, 2.05) is 13.0 Å². The lowest BCUT2D eigenvalue weighted by atomic mass is 10.0. The third-order valence-electron chi connectivity index (χ3n) is 2.02. The first kappa shape index (κ1) is 11.0. The summed E-state index contributed by atoms with van der Waals surface area (Å²) in [6.45, 7) is 1.82. The molecule has 1 rings (SSSR count). The maximum Gasteiger partial charge on any atom is 0.166 e. The minimum atomic E-state index is -0.449. The summed E-state index contributed by atoms with van der Waals surface area (Å²) in [5, 5.41) is 8.60. The van der Waals surface area contributed by atoms with Crippen LogP contribution < -0.4 is 4.74 Å². The molecule has 0 fully saturated rings. The molecule has 0 spiro atoms. The van der Waals surface area contributed by atoms with E-state index >= 15 is 0 Å². The molecule has 0 radical (unpaired) electrons. The van der Waals surface area contributed by atoms with Crippen LogP contribution in [0.2, 0.25) is 0 Å². The molecule has 0 bridgehead atoms. The lowest BCUT2D eigenvalue weighted by Gasteiger charge is -2.11. The smallest absolute Gasteiger partial charge is 0.166 e. The number of hydrogen-bond donors (Lipinski definition) is 0. The van der Waals surface area contributed by atoms with E-state index in [0.29, 0.717) is 10.0 Å². The summed E-state index contributed by atoms with van der Waals surface area (Å²) in [6.07, 6.45) is 0.144. The molecule has 74 valence electrons. The standard InChI is InChI=1S/C10H9BrFNO/c1-6-7(3-4-13)10(14-2)9(12)5-8(6)11/h5H,3H2,1-2H3. The summed E-state index contributed by atoms with van der Waals surface area (Å²) in [5.74, 6) is -0.289. The van der Waals surface area contributed by atoms with E-state index in [1.54, 1.807) is 0 Å². The molecule has 0 saturated heterocycles. The van der Waals surface area contributed by atoms with Gasteiger partial charge in [0.15, 0.2) is 11.6 Å². The zero-order chi connectivity index (χ0) is 10.7. The topological polar surface area (TPSA) is 33.0 Å². The van der Waals surface area contributed by atoms with Crippen LogP contribution >= 0.6 is 15.9 Å². The summed E-state index contributed by atoms with van der Waals surface area (Å²) in [6, 6.07) is 3.33. The van der Waals surface area contributed by atoms with Gasteiger partial charge in [0.1, 0.15) is 0 Å². The van der Waals surface area contributed by atoms with Crippen molar-refractivity contribution in [1.82, 2.24) is 0 Å². The van der Waals surface area contributed by atoms with Crippen LogP contribution in [-0.2, 0) is 6.42 Å². The summed E-state index contributed by atoms with van der Waals surface area (Å²) < 4.78 is 18.9. The number of nitrogens with zero attached hydrogens (tertiary/aromatic N) is 1. The van der Waals surface area contributed by atoms with Crippen LogP contribution in [-0.4, -0.2) is 7.11 Å². The minimum Gasteiger partial charge on any atom is -0.493 e. The molecule has 2 nitrogen and oxygen atoms in total. The van der Waals surface area contributed by atoms with Crippen molar-refractivity contribution in [1.29, 1.82) is 5.26 Å². The van der Waals surface area contributed by atoms with Crippen molar-refractivity contribution < 1.29 is 9.13 Å². The lowest BCUT2D eigenvalue weighted by molar-refractivity contribution is 0.382. The monoisotopic (exact) mass is 257 g/mol. The molecule has 1 aromatic carbocycles. The summed E-state index contributed by atoms with van der Waals surface area (Å²) in [5.41, 5.74) is 1.44. The molecule has 1 aromatic rings. The molecule has 0 atom stereocenters. The van der Waals surface area contributed by atoms with Crippen LogP contribution in [0.5, 0.6) is 5.75 Å². The van der Waals surface area contributed by atoms with Gasteiger partial charge in [0.2, 0.25) is 0 Å². The molecule has 0 aliphatic heterocycles. The van der Waals surface area contributed by atoms with E-state index in [-0.39, 0.29) is 12.2 Å². The zero-order valence-corrected chi connectivity index (χ0v) is 9.48. The normalized spacial score (nSPS) is 9.64. The highest BCUT2D eigenvalue weighted by atomic mass is 79.9. The second-order valence-corrected chi connectivity index (χ2v) is 3.67. The van der Waals surface area contributed by atoms with Gasteiger partial charge >= 0.3 is 0 Å². The van der Waals surface area contributed by atoms with Crippen molar-refractivity contribution in [2.45, 2.75) is 13.3 Å². The fourth-order valence-electron chi connectivity index (χ4n) is 1.26. The first-order valence-electron chi connectivity index (χ1n) is 4.00. The van der Waals surface area contributed by atoms with Gasteiger partial charge in [-0.1, -0.05) is 15.9 Å². The number of hydrogen-bond acceptors (Lipinski definition) is 2. The van der Waals surface area contributed by atoms with Crippen LogP contribution in [0.25, 0.3) is 0 Å². The maximum absolute atomic E-state index is 13.4. The van der Waals surface area contributed by atoms with E-state index < -0.39 is 5.82 Å². The molecule has 0 N–H and O–H groups in total. The fraction of sp³-hybridized carbons (Fsp3) is 0.300. The highest BCUT2D eigenvalue weighted by Gasteiger charge is 2.14. The third kappa shape index (κ3) is 1.88. The van der Waals surface area contributed by atoms with Gasteiger partial charge in [0.25, 0.3) is 0 Å². The van der Waals surface area contributed by atoms with E-state index in [2.05, 4.69) is 15.9 Å². The molecule has 0 heterocycles. The Balaban J connectivity index is 3.41. The van der Waals surface area contributed by atoms with Gasteiger partial charge in [-0.3, -0.25) is 0 Å². The number of methoxy groups -OCH3 is 1. The highest BCUT2D eigenvalue weighted by molar-refractivity contribution is 9.10. The summed E-state index contributed by atoms with van der Waals surface area (Å²) in [4.78, 5) is 0. The van der Waals surface area contributed by atoms with Gasteiger partial charge in [-0.15, -0.1) is 0 Å². The number of nitriles is 1. The molecule has 0 aliphatic rings.